The summed E-state index contributed by atoms with van der Waals surface area (Å²) in [5.41, 5.74) is -0.701. The molecule has 0 aromatic heterocycles. The van der Waals surface area contributed by atoms with Gasteiger partial charge in [0.2, 0.25) is 5.91 Å². The van der Waals surface area contributed by atoms with Gasteiger partial charge in [0.25, 0.3) is 5.91 Å². The fourth-order valence-electron chi connectivity index (χ4n) is 3.89. The molecule has 0 aliphatic carbocycles. The van der Waals surface area contributed by atoms with Crippen LogP contribution in [0.3, 0.4) is 0 Å². The van der Waals surface area contributed by atoms with Crippen LogP contribution in [0.2, 0.25) is 0 Å². The Hall–Kier alpha value is -3.30. The summed E-state index contributed by atoms with van der Waals surface area (Å²) >= 11 is 0. The van der Waals surface area contributed by atoms with Crippen molar-refractivity contribution in [2.24, 2.45) is 0 Å². The highest BCUT2D eigenvalue weighted by atomic mass is 19.4. The van der Waals surface area contributed by atoms with Crippen LogP contribution in [0.5, 0.6) is 0 Å². The fraction of sp³-hybridized carbons (Fsp3) is 0.409. The van der Waals surface area contributed by atoms with Gasteiger partial charge in [-0.15, -0.1) is 6.58 Å². The minimum absolute atomic E-state index is 0.0310. The van der Waals surface area contributed by atoms with Gasteiger partial charge in [-0.05, 0) is 18.6 Å². The molecular weight excluding hydrogens is 425 g/mol. The molecule has 1 aromatic rings. The summed E-state index contributed by atoms with van der Waals surface area (Å²) in [5, 5.41) is 2.55. The van der Waals surface area contributed by atoms with Gasteiger partial charge in [-0.2, -0.15) is 13.2 Å². The van der Waals surface area contributed by atoms with Crippen molar-refractivity contribution in [3.05, 3.63) is 59.3 Å². The molecule has 10 heteroatoms. The molecule has 2 heterocycles. The molecule has 4 amide bonds. The molecule has 0 radical (unpaired) electrons. The molecule has 7 nitrogen and oxygen atoms in total. The van der Waals surface area contributed by atoms with E-state index in [0.29, 0.717) is 12.2 Å². The van der Waals surface area contributed by atoms with Gasteiger partial charge in [-0.1, -0.05) is 24.3 Å². The Balaban J connectivity index is 1.98. The van der Waals surface area contributed by atoms with Gasteiger partial charge < -0.3 is 15.1 Å². The number of urea groups is 1. The number of hydrogen-bond acceptors (Lipinski definition) is 3. The number of carbonyl (C=O) groups excluding carboxylic acids is 3. The van der Waals surface area contributed by atoms with Gasteiger partial charge in [0, 0.05) is 33.1 Å². The van der Waals surface area contributed by atoms with E-state index in [-0.39, 0.29) is 43.1 Å². The van der Waals surface area contributed by atoms with Gasteiger partial charge in [0.1, 0.15) is 0 Å². The molecular formula is C22H25F3N4O3. The first-order valence-electron chi connectivity index (χ1n) is 10.2. The van der Waals surface area contributed by atoms with Crippen molar-refractivity contribution in [1.82, 2.24) is 20.0 Å². The Labute approximate surface area is 184 Å². The van der Waals surface area contributed by atoms with E-state index < -0.39 is 29.7 Å². The van der Waals surface area contributed by atoms with E-state index in [2.05, 4.69) is 11.9 Å². The average molecular weight is 450 g/mol. The number of rotatable bonds is 7. The van der Waals surface area contributed by atoms with E-state index in [0.717, 1.165) is 6.07 Å². The number of alkyl halides is 3. The van der Waals surface area contributed by atoms with Crippen molar-refractivity contribution in [2.45, 2.75) is 25.6 Å². The summed E-state index contributed by atoms with van der Waals surface area (Å²) in [4.78, 5) is 42.4. The molecule has 0 unspecified atom stereocenters. The second-order valence-electron chi connectivity index (χ2n) is 7.61. The second-order valence-corrected chi connectivity index (χ2v) is 7.61. The molecule has 172 valence electrons. The van der Waals surface area contributed by atoms with Crippen LogP contribution >= 0.6 is 0 Å². The van der Waals surface area contributed by atoms with Crippen LogP contribution in [0.25, 0.3) is 0 Å². The number of hydrogen-bond donors (Lipinski definition) is 1. The minimum Gasteiger partial charge on any atom is -0.346 e. The number of halogens is 3. The second kappa shape index (κ2) is 9.05. The van der Waals surface area contributed by atoms with Crippen molar-refractivity contribution >= 4 is 17.8 Å². The number of nitrogens with one attached hydrogen (secondary N) is 1. The normalized spacial score (nSPS) is 18.6. The first-order valence-corrected chi connectivity index (χ1v) is 10.2. The molecule has 2 aliphatic heterocycles. The molecule has 2 aliphatic rings. The Morgan fingerprint density at radius 2 is 2.00 bits per heavy atom. The van der Waals surface area contributed by atoms with Crippen molar-refractivity contribution in [1.29, 1.82) is 0 Å². The third-order valence-electron chi connectivity index (χ3n) is 5.68. The van der Waals surface area contributed by atoms with E-state index in [1.807, 2.05) is 6.92 Å². The van der Waals surface area contributed by atoms with Crippen LogP contribution in [-0.4, -0.2) is 65.8 Å². The van der Waals surface area contributed by atoms with Crippen LogP contribution in [0.15, 0.2) is 48.2 Å². The van der Waals surface area contributed by atoms with Crippen LogP contribution in [0, 0.1) is 0 Å². The average Bonchev–Trinajstić information content (AvgIpc) is 3.08. The van der Waals surface area contributed by atoms with Crippen LogP contribution in [-0.2, 0) is 15.8 Å². The topological polar surface area (TPSA) is 73.0 Å². The quantitative estimate of drug-likeness (QED) is 0.650. The van der Waals surface area contributed by atoms with E-state index in [1.165, 1.54) is 39.0 Å². The summed E-state index contributed by atoms with van der Waals surface area (Å²) in [6, 6.07) is 3.02. The predicted molar refractivity (Wildman–Crippen MR) is 111 cm³/mol. The number of carbonyl (C=O) groups is 3. The third-order valence-corrected chi connectivity index (χ3v) is 5.68. The number of nitrogens with zero attached hydrogens (tertiary/aromatic N) is 3. The Morgan fingerprint density at radius 1 is 1.31 bits per heavy atom. The SMILES string of the molecule is C=CCN1C(=O)N[C@H](c2ccccc2C(F)(F)F)C2=C1CN(CCC(=O)N(C)CC)C2=O. The van der Waals surface area contributed by atoms with Gasteiger partial charge in [0.15, 0.2) is 0 Å². The predicted octanol–water partition coefficient (Wildman–Crippen LogP) is 2.92. The van der Waals surface area contributed by atoms with Gasteiger partial charge in [-0.25, -0.2) is 4.79 Å². The lowest BCUT2D eigenvalue weighted by Crippen LogP contribution is -2.47. The smallest absolute Gasteiger partial charge is 0.346 e. The summed E-state index contributed by atoms with van der Waals surface area (Å²) in [7, 11) is 1.65. The van der Waals surface area contributed by atoms with Crippen molar-refractivity contribution in [3.8, 4) is 0 Å². The third kappa shape index (κ3) is 4.35. The zero-order valence-electron chi connectivity index (χ0n) is 17.9. The first kappa shape index (κ1) is 23.4. The molecule has 3 rings (SSSR count). The molecule has 0 saturated carbocycles. The highest BCUT2D eigenvalue weighted by Gasteiger charge is 2.46. The minimum atomic E-state index is -4.65. The molecule has 1 N–H and O–H groups in total. The lowest BCUT2D eigenvalue weighted by Gasteiger charge is -2.33. The van der Waals surface area contributed by atoms with Crippen molar-refractivity contribution < 1.29 is 27.6 Å². The Bertz CT molecular complexity index is 973. The zero-order valence-corrected chi connectivity index (χ0v) is 17.9. The lowest BCUT2D eigenvalue weighted by molar-refractivity contribution is -0.138. The van der Waals surface area contributed by atoms with Crippen molar-refractivity contribution in [3.63, 3.8) is 0 Å². The zero-order chi connectivity index (χ0) is 23.6. The highest BCUT2D eigenvalue weighted by molar-refractivity contribution is 6.01. The lowest BCUT2D eigenvalue weighted by atomic mass is 9.91. The van der Waals surface area contributed by atoms with Crippen molar-refractivity contribution in [2.75, 3.05) is 33.2 Å². The maximum absolute atomic E-state index is 13.6. The molecule has 0 spiro atoms. The van der Waals surface area contributed by atoms with Crippen LogP contribution in [0.4, 0.5) is 18.0 Å². The molecule has 1 atom stereocenters. The van der Waals surface area contributed by atoms with Crippen LogP contribution in [0.1, 0.15) is 30.5 Å². The van der Waals surface area contributed by atoms with Gasteiger partial charge in [-0.3, -0.25) is 14.5 Å². The summed E-state index contributed by atoms with van der Waals surface area (Å²) in [6.45, 7) is 6.18. The van der Waals surface area contributed by atoms with Crippen LogP contribution < -0.4 is 5.32 Å². The van der Waals surface area contributed by atoms with E-state index in [1.54, 1.807) is 7.05 Å². The Kier molecular flexibility index (Phi) is 6.61. The highest BCUT2D eigenvalue weighted by Crippen LogP contribution is 2.41. The van der Waals surface area contributed by atoms with Gasteiger partial charge >= 0.3 is 12.2 Å². The van der Waals surface area contributed by atoms with E-state index >= 15 is 0 Å². The molecule has 0 bridgehead atoms. The summed E-state index contributed by atoms with van der Waals surface area (Å²) in [6.07, 6.45) is -3.11. The summed E-state index contributed by atoms with van der Waals surface area (Å²) in [5.74, 6) is -0.649. The first-order chi connectivity index (χ1) is 15.1. The standard InChI is InChI=1S/C22H25F3N4O3/c1-4-11-29-16-13-28(12-10-17(30)27(3)5-2)20(31)18(16)19(26-21(29)32)14-8-6-7-9-15(14)22(23,24)25/h4,6-9,19H,1,5,10-13H2,2-3H3,(H,26,32)/t19-/m1/s1. The number of amides is 4. The largest absolute Gasteiger partial charge is 0.416 e. The van der Waals surface area contributed by atoms with E-state index in [9.17, 15) is 27.6 Å². The van der Waals surface area contributed by atoms with E-state index in [4.69, 9.17) is 0 Å². The Morgan fingerprint density at radius 3 is 2.62 bits per heavy atom. The fourth-order valence-corrected chi connectivity index (χ4v) is 3.89. The maximum Gasteiger partial charge on any atom is 0.416 e. The number of benzene rings is 1. The molecule has 1 aromatic carbocycles. The van der Waals surface area contributed by atoms with Gasteiger partial charge in [0.05, 0.1) is 29.4 Å². The molecule has 0 saturated heterocycles. The monoisotopic (exact) mass is 450 g/mol. The summed E-state index contributed by atoms with van der Waals surface area (Å²) < 4.78 is 40.9. The molecule has 32 heavy (non-hydrogen) atoms. The molecule has 0 fully saturated rings. The maximum atomic E-state index is 13.6.